The van der Waals surface area contributed by atoms with Crippen molar-refractivity contribution in [3.63, 3.8) is 0 Å². The van der Waals surface area contributed by atoms with Crippen LogP contribution in [0, 0.1) is 16.0 Å². The molecule has 1 aromatic carbocycles. The second-order valence-electron chi connectivity index (χ2n) is 6.30. The van der Waals surface area contributed by atoms with Crippen LogP contribution in [-0.4, -0.2) is 10.5 Å². The van der Waals surface area contributed by atoms with Crippen molar-refractivity contribution in [2.45, 2.75) is 57.4 Å². The molecule has 0 radical (unpaired) electrons. The van der Waals surface area contributed by atoms with Crippen LogP contribution in [0.15, 0.2) is 18.2 Å². The maximum Gasteiger partial charge on any atom is 0.274 e. The van der Waals surface area contributed by atoms with E-state index in [4.69, 9.17) is 17.3 Å². The molecular weight excluding hydrogens is 288 g/mol. The van der Waals surface area contributed by atoms with Crippen LogP contribution < -0.4 is 5.73 Å². The SMILES string of the molecule is CCCC1CCC(N)(Cc2ccc(Cl)cc2[N+](=O)[O-])CC1. The molecule has 0 saturated heterocycles. The van der Waals surface area contributed by atoms with Gasteiger partial charge < -0.3 is 5.73 Å². The highest BCUT2D eigenvalue weighted by Crippen LogP contribution is 2.36. The molecule has 0 unspecified atom stereocenters. The summed E-state index contributed by atoms with van der Waals surface area (Å²) in [4.78, 5) is 10.8. The lowest BCUT2D eigenvalue weighted by Crippen LogP contribution is -2.45. The maximum absolute atomic E-state index is 11.2. The van der Waals surface area contributed by atoms with Gasteiger partial charge in [0.05, 0.1) is 4.92 Å². The molecule has 0 spiro atoms. The Morgan fingerprint density at radius 2 is 2.10 bits per heavy atom. The Kier molecular flexibility index (Phi) is 5.22. The Bertz CT molecular complexity index is 511. The first-order chi connectivity index (χ1) is 9.93. The third-order valence-corrected chi connectivity index (χ3v) is 4.82. The van der Waals surface area contributed by atoms with Gasteiger partial charge in [-0.15, -0.1) is 0 Å². The standard InChI is InChI=1S/C16H23ClN2O2/c1-2-3-12-6-8-16(18,9-7-12)11-13-4-5-14(17)10-15(13)19(20)21/h4-5,10,12H,2-3,6-9,11,18H2,1H3. The molecule has 0 bridgehead atoms. The van der Waals surface area contributed by atoms with Crippen LogP contribution in [0.2, 0.25) is 5.02 Å². The molecule has 5 heteroatoms. The second kappa shape index (κ2) is 6.75. The lowest BCUT2D eigenvalue weighted by atomic mass is 9.73. The number of nitrogens with zero attached hydrogens (tertiary/aromatic N) is 1. The molecule has 0 amide bonds. The van der Waals surface area contributed by atoms with E-state index in [0.717, 1.165) is 31.6 Å². The summed E-state index contributed by atoms with van der Waals surface area (Å²) in [6.07, 6.45) is 7.17. The molecular formula is C16H23ClN2O2. The second-order valence-corrected chi connectivity index (χ2v) is 6.74. The number of nitro groups is 1. The normalized spacial score (nSPS) is 25.8. The molecule has 1 saturated carbocycles. The Morgan fingerprint density at radius 1 is 1.43 bits per heavy atom. The summed E-state index contributed by atoms with van der Waals surface area (Å²) in [6, 6.07) is 4.87. The summed E-state index contributed by atoms with van der Waals surface area (Å²) in [5, 5.41) is 11.6. The monoisotopic (exact) mass is 310 g/mol. The van der Waals surface area contributed by atoms with Crippen LogP contribution in [-0.2, 0) is 6.42 Å². The summed E-state index contributed by atoms with van der Waals surface area (Å²) in [6.45, 7) is 2.21. The number of hydrogen-bond donors (Lipinski definition) is 1. The van der Waals surface area contributed by atoms with Gasteiger partial charge in [0.2, 0.25) is 0 Å². The first kappa shape index (κ1) is 16.2. The van der Waals surface area contributed by atoms with Gasteiger partial charge in [-0.1, -0.05) is 37.4 Å². The van der Waals surface area contributed by atoms with Crippen molar-refractivity contribution >= 4 is 17.3 Å². The minimum absolute atomic E-state index is 0.0861. The topological polar surface area (TPSA) is 69.2 Å². The number of halogens is 1. The average molecular weight is 311 g/mol. The quantitative estimate of drug-likeness (QED) is 0.644. The zero-order valence-corrected chi connectivity index (χ0v) is 13.2. The third kappa shape index (κ3) is 4.17. The van der Waals surface area contributed by atoms with Gasteiger partial charge in [-0.25, -0.2) is 0 Å². The Balaban J connectivity index is 2.10. The van der Waals surface area contributed by atoms with Gasteiger partial charge in [0.25, 0.3) is 5.69 Å². The van der Waals surface area contributed by atoms with Gasteiger partial charge in [0, 0.05) is 22.2 Å². The molecule has 0 heterocycles. The van der Waals surface area contributed by atoms with Crippen molar-refractivity contribution in [3.8, 4) is 0 Å². The van der Waals surface area contributed by atoms with E-state index in [9.17, 15) is 10.1 Å². The summed E-state index contributed by atoms with van der Waals surface area (Å²) < 4.78 is 0. The van der Waals surface area contributed by atoms with Gasteiger partial charge in [-0.05, 0) is 44.1 Å². The fourth-order valence-corrected chi connectivity index (χ4v) is 3.53. The maximum atomic E-state index is 11.2. The Hall–Kier alpha value is -1.13. The van der Waals surface area contributed by atoms with E-state index in [1.165, 1.54) is 18.9 Å². The summed E-state index contributed by atoms with van der Waals surface area (Å²) in [5.41, 5.74) is 6.97. The molecule has 21 heavy (non-hydrogen) atoms. The van der Waals surface area contributed by atoms with Crippen LogP contribution in [0.4, 0.5) is 5.69 Å². The van der Waals surface area contributed by atoms with E-state index in [1.807, 2.05) is 0 Å². The Labute approximate surface area is 130 Å². The molecule has 1 fully saturated rings. The minimum Gasteiger partial charge on any atom is -0.325 e. The van der Waals surface area contributed by atoms with Crippen LogP contribution in [0.1, 0.15) is 51.0 Å². The lowest BCUT2D eigenvalue weighted by molar-refractivity contribution is -0.385. The van der Waals surface area contributed by atoms with Crippen LogP contribution in [0.5, 0.6) is 0 Å². The fourth-order valence-electron chi connectivity index (χ4n) is 3.36. The lowest BCUT2D eigenvalue weighted by Gasteiger charge is -2.37. The largest absolute Gasteiger partial charge is 0.325 e. The van der Waals surface area contributed by atoms with Gasteiger partial charge in [-0.2, -0.15) is 0 Å². The van der Waals surface area contributed by atoms with Crippen molar-refractivity contribution in [2.24, 2.45) is 11.7 Å². The zero-order chi connectivity index (χ0) is 15.5. The Morgan fingerprint density at radius 3 is 2.67 bits per heavy atom. The van der Waals surface area contributed by atoms with E-state index in [1.54, 1.807) is 12.1 Å². The average Bonchev–Trinajstić information content (AvgIpc) is 2.44. The molecule has 0 aliphatic heterocycles. The molecule has 1 aliphatic carbocycles. The third-order valence-electron chi connectivity index (χ3n) is 4.58. The van der Waals surface area contributed by atoms with E-state index in [2.05, 4.69) is 6.92 Å². The predicted molar refractivity (Wildman–Crippen MR) is 85.6 cm³/mol. The molecule has 116 valence electrons. The van der Waals surface area contributed by atoms with Crippen molar-refractivity contribution in [1.29, 1.82) is 0 Å². The highest BCUT2D eigenvalue weighted by Gasteiger charge is 2.33. The number of rotatable bonds is 5. The summed E-state index contributed by atoms with van der Waals surface area (Å²) in [5.74, 6) is 0.770. The molecule has 4 nitrogen and oxygen atoms in total. The fraction of sp³-hybridized carbons (Fsp3) is 0.625. The van der Waals surface area contributed by atoms with Crippen LogP contribution in [0.25, 0.3) is 0 Å². The van der Waals surface area contributed by atoms with Crippen LogP contribution in [0.3, 0.4) is 0 Å². The number of nitro benzene ring substituents is 1. The van der Waals surface area contributed by atoms with Gasteiger partial charge >= 0.3 is 0 Å². The highest BCUT2D eigenvalue weighted by molar-refractivity contribution is 6.30. The van der Waals surface area contributed by atoms with Crippen LogP contribution >= 0.6 is 11.6 Å². The predicted octanol–water partition coefficient (Wildman–Crippen LogP) is 4.48. The molecule has 1 aliphatic rings. The molecule has 0 atom stereocenters. The smallest absolute Gasteiger partial charge is 0.274 e. The van der Waals surface area contributed by atoms with Gasteiger partial charge in [-0.3, -0.25) is 10.1 Å². The number of hydrogen-bond acceptors (Lipinski definition) is 3. The van der Waals surface area contributed by atoms with Crippen molar-refractivity contribution in [3.05, 3.63) is 38.9 Å². The van der Waals surface area contributed by atoms with Gasteiger partial charge in [0.1, 0.15) is 0 Å². The molecule has 1 aromatic rings. The molecule has 2 rings (SSSR count). The number of nitrogens with two attached hydrogens (primary N) is 1. The van der Waals surface area contributed by atoms with E-state index in [-0.39, 0.29) is 16.1 Å². The van der Waals surface area contributed by atoms with Crippen molar-refractivity contribution in [1.82, 2.24) is 0 Å². The summed E-state index contributed by atoms with van der Waals surface area (Å²) in [7, 11) is 0. The highest BCUT2D eigenvalue weighted by atomic mass is 35.5. The molecule has 2 N–H and O–H groups in total. The number of benzene rings is 1. The first-order valence-corrected chi connectivity index (χ1v) is 8.03. The molecule has 0 aromatic heterocycles. The van der Waals surface area contributed by atoms with E-state index in [0.29, 0.717) is 17.0 Å². The zero-order valence-electron chi connectivity index (χ0n) is 12.5. The minimum atomic E-state index is -0.368. The van der Waals surface area contributed by atoms with Gasteiger partial charge in [0.15, 0.2) is 0 Å². The van der Waals surface area contributed by atoms with E-state index >= 15 is 0 Å². The van der Waals surface area contributed by atoms with Crippen molar-refractivity contribution < 1.29 is 4.92 Å². The first-order valence-electron chi connectivity index (χ1n) is 7.65. The van der Waals surface area contributed by atoms with E-state index < -0.39 is 0 Å². The van der Waals surface area contributed by atoms with Crippen molar-refractivity contribution in [2.75, 3.05) is 0 Å². The summed E-state index contributed by atoms with van der Waals surface area (Å²) >= 11 is 5.86.